The van der Waals surface area contributed by atoms with E-state index < -0.39 is 15.9 Å². The highest BCUT2D eigenvalue weighted by atomic mass is 32.2. The van der Waals surface area contributed by atoms with Crippen LogP contribution >= 0.6 is 0 Å². The van der Waals surface area contributed by atoms with Crippen LogP contribution < -0.4 is 9.62 Å². The van der Waals surface area contributed by atoms with Crippen LogP contribution in [0.5, 0.6) is 0 Å². The van der Waals surface area contributed by atoms with Crippen LogP contribution in [0, 0.1) is 0 Å². The molecule has 0 radical (unpaired) electrons. The predicted octanol–water partition coefficient (Wildman–Crippen LogP) is 3.14. The van der Waals surface area contributed by atoms with E-state index in [0.29, 0.717) is 16.8 Å². The summed E-state index contributed by atoms with van der Waals surface area (Å²) in [5, 5.41) is 2.74. The lowest BCUT2D eigenvalue weighted by Crippen LogP contribution is -2.42. The molecule has 0 bridgehead atoms. The number of amides is 1. The minimum Gasteiger partial charge on any atom is -0.349 e. The second-order valence-electron chi connectivity index (χ2n) is 6.39. The van der Waals surface area contributed by atoms with Crippen LogP contribution in [0.1, 0.15) is 31.9 Å². The van der Waals surface area contributed by atoms with Crippen LogP contribution in [0.25, 0.3) is 5.57 Å². The highest BCUT2D eigenvalue weighted by molar-refractivity contribution is 7.97. The van der Waals surface area contributed by atoms with Gasteiger partial charge in [0.2, 0.25) is 0 Å². The van der Waals surface area contributed by atoms with E-state index in [-0.39, 0.29) is 17.5 Å². The fourth-order valence-electron chi connectivity index (χ4n) is 3.18. The van der Waals surface area contributed by atoms with Gasteiger partial charge in [0.1, 0.15) is 0 Å². The molecule has 2 aromatic carbocycles. The molecule has 1 N–H and O–H groups in total. The molecular weight excluding hydrogens is 348 g/mol. The molecule has 0 saturated heterocycles. The van der Waals surface area contributed by atoms with Gasteiger partial charge in [-0.3, -0.25) is 9.10 Å². The van der Waals surface area contributed by atoms with Crippen LogP contribution in [0.4, 0.5) is 5.69 Å². The van der Waals surface area contributed by atoms with Gasteiger partial charge in [-0.05, 0) is 32.4 Å². The van der Waals surface area contributed by atoms with Crippen molar-refractivity contribution in [3.8, 4) is 0 Å². The lowest BCUT2D eigenvalue weighted by atomic mass is 9.95. The highest BCUT2D eigenvalue weighted by Crippen LogP contribution is 2.42. The van der Waals surface area contributed by atoms with E-state index in [1.54, 1.807) is 19.1 Å². The molecule has 2 aromatic rings. The standard InChI is InChI=1S/C20H22N2O3S/c1-4-22-17-13-9-8-12-16(17)18(15-10-6-5-7-11-15)19(26(22,24)25)20(23)21-14(2)3/h5-14H,4H2,1-3H3,(H,21,23). The molecule has 0 aromatic heterocycles. The van der Waals surface area contributed by atoms with E-state index in [0.717, 1.165) is 5.56 Å². The Labute approximate surface area is 154 Å². The Morgan fingerprint density at radius 1 is 1.04 bits per heavy atom. The molecule has 3 rings (SSSR count). The minimum atomic E-state index is -3.97. The van der Waals surface area contributed by atoms with Gasteiger partial charge in [-0.1, -0.05) is 48.5 Å². The minimum absolute atomic E-state index is 0.172. The normalized spacial score (nSPS) is 15.8. The molecule has 0 saturated carbocycles. The SMILES string of the molecule is CCN1c2ccccc2C(c2ccccc2)=C(C(=O)NC(C)C)S1(=O)=O. The molecule has 6 heteroatoms. The molecule has 1 aliphatic heterocycles. The number of hydrogen-bond donors (Lipinski definition) is 1. The first-order valence-electron chi connectivity index (χ1n) is 8.60. The van der Waals surface area contributed by atoms with E-state index in [1.807, 2.05) is 56.3 Å². The molecule has 1 heterocycles. The number of carbonyl (C=O) groups is 1. The van der Waals surface area contributed by atoms with Crippen molar-refractivity contribution >= 4 is 27.2 Å². The number of nitrogens with zero attached hydrogens (tertiary/aromatic N) is 1. The second-order valence-corrected chi connectivity index (χ2v) is 8.18. The van der Waals surface area contributed by atoms with Gasteiger partial charge >= 0.3 is 0 Å². The average molecular weight is 370 g/mol. The molecule has 26 heavy (non-hydrogen) atoms. The van der Waals surface area contributed by atoms with Crippen LogP contribution in [-0.2, 0) is 14.8 Å². The third kappa shape index (κ3) is 3.01. The Bertz CT molecular complexity index is 964. The Morgan fingerprint density at radius 2 is 1.65 bits per heavy atom. The van der Waals surface area contributed by atoms with Gasteiger partial charge in [0.15, 0.2) is 4.91 Å². The summed E-state index contributed by atoms with van der Waals surface area (Å²) in [5.74, 6) is -0.577. The second kappa shape index (κ2) is 6.96. The number of hydrogen-bond acceptors (Lipinski definition) is 3. The third-order valence-electron chi connectivity index (χ3n) is 4.19. The fourth-order valence-corrected chi connectivity index (χ4v) is 4.94. The fraction of sp³-hybridized carbons (Fsp3) is 0.250. The molecule has 0 unspecified atom stereocenters. The van der Waals surface area contributed by atoms with Crippen molar-refractivity contribution in [1.29, 1.82) is 0 Å². The van der Waals surface area contributed by atoms with Crippen LogP contribution in [-0.4, -0.2) is 26.9 Å². The van der Waals surface area contributed by atoms with E-state index in [4.69, 9.17) is 0 Å². The van der Waals surface area contributed by atoms with Crippen molar-refractivity contribution in [1.82, 2.24) is 5.32 Å². The number of nitrogens with one attached hydrogen (secondary N) is 1. The lowest BCUT2D eigenvalue weighted by molar-refractivity contribution is -0.117. The summed E-state index contributed by atoms with van der Waals surface area (Å²) in [5.41, 5.74) is 2.48. The molecule has 1 aliphatic rings. The average Bonchev–Trinajstić information content (AvgIpc) is 2.60. The largest absolute Gasteiger partial charge is 0.349 e. The quantitative estimate of drug-likeness (QED) is 0.899. The molecule has 5 nitrogen and oxygen atoms in total. The highest BCUT2D eigenvalue weighted by Gasteiger charge is 2.40. The number of sulfonamides is 1. The number of rotatable bonds is 4. The smallest absolute Gasteiger partial charge is 0.270 e. The molecule has 0 aliphatic carbocycles. The van der Waals surface area contributed by atoms with Crippen molar-refractivity contribution in [2.45, 2.75) is 26.8 Å². The summed E-state index contributed by atoms with van der Waals surface area (Å²) in [7, 11) is -3.97. The van der Waals surface area contributed by atoms with E-state index in [9.17, 15) is 13.2 Å². The molecule has 0 spiro atoms. The predicted molar refractivity (Wildman–Crippen MR) is 104 cm³/mol. The van der Waals surface area contributed by atoms with Crippen molar-refractivity contribution < 1.29 is 13.2 Å². The Balaban J connectivity index is 2.40. The van der Waals surface area contributed by atoms with Gasteiger partial charge in [-0.2, -0.15) is 0 Å². The summed E-state index contributed by atoms with van der Waals surface area (Å²) in [6.07, 6.45) is 0. The summed E-state index contributed by atoms with van der Waals surface area (Å²) in [6, 6.07) is 16.3. The summed E-state index contributed by atoms with van der Waals surface area (Å²) in [6.45, 7) is 5.63. The maximum absolute atomic E-state index is 13.3. The number of carbonyl (C=O) groups excluding carboxylic acids is 1. The van der Waals surface area contributed by atoms with Gasteiger partial charge in [0, 0.05) is 23.7 Å². The third-order valence-corrected chi connectivity index (χ3v) is 6.13. The van der Waals surface area contributed by atoms with Crippen molar-refractivity contribution in [3.63, 3.8) is 0 Å². The van der Waals surface area contributed by atoms with Crippen molar-refractivity contribution in [3.05, 3.63) is 70.6 Å². The zero-order valence-electron chi connectivity index (χ0n) is 15.1. The van der Waals surface area contributed by atoms with E-state index in [2.05, 4.69) is 5.32 Å². The molecule has 0 fully saturated rings. The Morgan fingerprint density at radius 3 is 2.27 bits per heavy atom. The van der Waals surface area contributed by atoms with Gasteiger partial charge in [0.05, 0.1) is 5.69 Å². The number of benzene rings is 2. The monoisotopic (exact) mass is 370 g/mol. The van der Waals surface area contributed by atoms with Gasteiger partial charge < -0.3 is 5.32 Å². The van der Waals surface area contributed by atoms with Gasteiger partial charge in [-0.25, -0.2) is 8.42 Å². The van der Waals surface area contributed by atoms with Crippen LogP contribution in [0.15, 0.2) is 59.5 Å². The Hall–Kier alpha value is -2.60. The maximum Gasteiger partial charge on any atom is 0.270 e. The van der Waals surface area contributed by atoms with Gasteiger partial charge in [0.25, 0.3) is 15.9 Å². The molecule has 136 valence electrons. The van der Waals surface area contributed by atoms with Crippen LogP contribution in [0.3, 0.4) is 0 Å². The number of anilines is 1. The molecule has 1 amide bonds. The number of para-hydroxylation sites is 1. The van der Waals surface area contributed by atoms with Crippen molar-refractivity contribution in [2.75, 3.05) is 10.8 Å². The summed E-state index contributed by atoms with van der Waals surface area (Å²) < 4.78 is 27.9. The first-order valence-corrected chi connectivity index (χ1v) is 10.0. The first kappa shape index (κ1) is 18.2. The first-order chi connectivity index (χ1) is 12.4. The maximum atomic E-state index is 13.3. The van der Waals surface area contributed by atoms with Crippen LogP contribution in [0.2, 0.25) is 0 Å². The zero-order valence-corrected chi connectivity index (χ0v) is 15.9. The lowest BCUT2D eigenvalue weighted by Gasteiger charge is -2.33. The molecular formula is C20H22N2O3S. The van der Waals surface area contributed by atoms with E-state index >= 15 is 0 Å². The van der Waals surface area contributed by atoms with E-state index in [1.165, 1.54) is 4.31 Å². The summed E-state index contributed by atoms with van der Waals surface area (Å²) >= 11 is 0. The van der Waals surface area contributed by atoms with Crippen molar-refractivity contribution in [2.24, 2.45) is 0 Å². The topological polar surface area (TPSA) is 66.5 Å². The Kier molecular flexibility index (Phi) is 4.87. The zero-order chi connectivity index (χ0) is 18.9. The number of fused-ring (bicyclic) bond motifs is 1. The summed E-state index contributed by atoms with van der Waals surface area (Å²) in [4.78, 5) is 12.7. The molecule has 0 atom stereocenters. The van der Waals surface area contributed by atoms with Gasteiger partial charge in [-0.15, -0.1) is 0 Å².